The highest BCUT2D eigenvalue weighted by atomic mass is 79.9. The minimum Gasteiger partial charge on any atom is -0.481 e. The monoisotopic (exact) mass is 590 g/mol. The second-order valence-electron chi connectivity index (χ2n) is 9.74. The van der Waals surface area contributed by atoms with Gasteiger partial charge in [0, 0.05) is 42.3 Å². The summed E-state index contributed by atoms with van der Waals surface area (Å²) >= 11 is 3.47. The predicted molar refractivity (Wildman–Crippen MR) is 157 cm³/mol. The molecule has 2 amide bonds. The first kappa shape index (κ1) is 28.2. The van der Waals surface area contributed by atoms with E-state index in [1.54, 1.807) is 11.8 Å². The molecule has 3 aromatic carbocycles. The largest absolute Gasteiger partial charge is 0.481 e. The number of anilines is 2. The Bertz CT molecular complexity index is 1420. The van der Waals surface area contributed by atoms with Crippen LogP contribution < -0.4 is 10.2 Å². The average Bonchev–Trinajstić information content (AvgIpc) is 3.21. The fraction of sp³-hybridized carbons (Fsp3) is 0.267. The number of carboxylic acid groups (broad SMARTS) is 1. The van der Waals surface area contributed by atoms with Crippen LogP contribution in [0.5, 0.6) is 0 Å². The third kappa shape index (κ3) is 6.99. The number of carboxylic acids is 1. The van der Waals surface area contributed by atoms with Gasteiger partial charge in [0.1, 0.15) is 5.92 Å². The van der Waals surface area contributed by atoms with E-state index in [-0.39, 0.29) is 18.2 Å². The Balaban J connectivity index is 1.75. The number of aryl methyl sites for hydroxylation is 1. The van der Waals surface area contributed by atoms with E-state index >= 15 is 0 Å². The Kier molecular flexibility index (Phi) is 8.93. The van der Waals surface area contributed by atoms with Gasteiger partial charge in [0.15, 0.2) is 0 Å². The van der Waals surface area contributed by atoms with Crippen molar-refractivity contribution in [2.75, 3.05) is 37.4 Å². The molecule has 0 radical (unpaired) electrons. The Morgan fingerprint density at radius 2 is 1.77 bits per heavy atom. The Hall–Kier alpha value is -3.82. The van der Waals surface area contributed by atoms with Crippen molar-refractivity contribution < 1.29 is 19.5 Å². The first-order valence-electron chi connectivity index (χ1n) is 12.7. The summed E-state index contributed by atoms with van der Waals surface area (Å²) in [6.45, 7) is 2.84. The number of carbonyl (C=O) groups is 3. The number of hydrogen-bond donors (Lipinski definition) is 2. The van der Waals surface area contributed by atoms with E-state index in [0.717, 1.165) is 39.1 Å². The van der Waals surface area contributed by atoms with Crippen LogP contribution in [-0.2, 0) is 20.8 Å². The van der Waals surface area contributed by atoms with Gasteiger partial charge in [0.2, 0.25) is 11.8 Å². The summed E-state index contributed by atoms with van der Waals surface area (Å²) in [5.41, 5.74) is 5.12. The second-order valence-corrected chi connectivity index (χ2v) is 10.7. The average molecular weight is 592 g/mol. The van der Waals surface area contributed by atoms with Gasteiger partial charge in [-0.3, -0.25) is 19.4 Å². The Morgan fingerprint density at radius 3 is 2.44 bits per heavy atom. The molecule has 0 fully saturated rings. The van der Waals surface area contributed by atoms with E-state index in [2.05, 4.69) is 21.2 Å². The molecule has 0 saturated carbocycles. The normalized spacial score (nSPS) is 14.7. The lowest BCUT2D eigenvalue weighted by atomic mass is 9.89. The maximum atomic E-state index is 13.3. The van der Waals surface area contributed by atoms with Crippen LogP contribution in [0.15, 0.2) is 76.2 Å². The van der Waals surface area contributed by atoms with Gasteiger partial charge in [-0.15, -0.1) is 0 Å². The number of halogens is 1. The van der Waals surface area contributed by atoms with Gasteiger partial charge in [-0.2, -0.15) is 0 Å². The van der Waals surface area contributed by atoms with E-state index in [1.807, 2.05) is 85.7 Å². The lowest BCUT2D eigenvalue weighted by molar-refractivity contribution is -0.137. The first-order valence-corrected chi connectivity index (χ1v) is 13.4. The molecule has 0 saturated heterocycles. The molecule has 1 atom stereocenters. The lowest BCUT2D eigenvalue weighted by Crippen LogP contribution is -2.35. The van der Waals surface area contributed by atoms with Crippen LogP contribution in [0.1, 0.15) is 36.0 Å². The summed E-state index contributed by atoms with van der Waals surface area (Å²) in [6, 6.07) is 20.6. The van der Waals surface area contributed by atoms with Crippen LogP contribution in [0.4, 0.5) is 17.1 Å². The highest BCUT2D eigenvalue weighted by molar-refractivity contribution is 9.10. The molecule has 1 aliphatic rings. The molecule has 0 aromatic heterocycles. The molecular weight excluding hydrogens is 560 g/mol. The third-order valence-corrected chi connectivity index (χ3v) is 7.03. The molecule has 0 spiro atoms. The quantitative estimate of drug-likeness (QED) is 0.314. The van der Waals surface area contributed by atoms with Crippen molar-refractivity contribution in [2.24, 2.45) is 4.99 Å². The SMILES string of the molecule is CC(=O)N(CCN(C)C)c1ccc(N=C(c2cccc(CCC(=O)O)c2)C2C(=O)Nc3cc(Br)ccc32)cc1. The number of aliphatic carboxylic acids is 1. The van der Waals surface area contributed by atoms with Crippen molar-refractivity contribution in [3.63, 3.8) is 0 Å². The van der Waals surface area contributed by atoms with Crippen molar-refractivity contribution in [1.82, 2.24) is 4.90 Å². The number of hydrogen-bond acceptors (Lipinski definition) is 5. The molecule has 0 aliphatic carbocycles. The van der Waals surface area contributed by atoms with Gasteiger partial charge >= 0.3 is 5.97 Å². The van der Waals surface area contributed by atoms with Crippen LogP contribution >= 0.6 is 15.9 Å². The molecule has 0 bridgehead atoms. The van der Waals surface area contributed by atoms with Crippen molar-refractivity contribution in [2.45, 2.75) is 25.7 Å². The van der Waals surface area contributed by atoms with Crippen LogP contribution in [0.25, 0.3) is 0 Å². The minimum absolute atomic E-state index is 0.0125. The number of aliphatic imine (C=N–C) groups is 1. The number of benzene rings is 3. The Morgan fingerprint density at radius 1 is 1.03 bits per heavy atom. The summed E-state index contributed by atoms with van der Waals surface area (Å²) in [7, 11) is 3.93. The first-order chi connectivity index (χ1) is 18.6. The molecule has 3 aromatic rings. The van der Waals surface area contributed by atoms with Crippen molar-refractivity contribution in [3.8, 4) is 0 Å². The maximum absolute atomic E-state index is 13.3. The molecule has 4 rings (SSSR count). The van der Waals surface area contributed by atoms with Gasteiger partial charge in [-0.1, -0.05) is 40.2 Å². The van der Waals surface area contributed by atoms with Crippen LogP contribution in [0, 0.1) is 0 Å². The summed E-state index contributed by atoms with van der Waals surface area (Å²) in [5.74, 6) is -1.73. The zero-order valence-electron chi connectivity index (χ0n) is 22.1. The zero-order chi connectivity index (χ0) is 28.1. The minimum atomic E-state index is -0.866. The summed E-state index contributed by atoms with van der Waals surface area (Å²) < 4.78 is 0.858. The van der Waals surface area contributed by atoms with Gasteiger partial charge in [-0.25, -0.2) is 0 Å². The van der Waals surface area contributed by atoms with E-state index in [0.29, 0.717) is 24.4 Å². The van der Waals surface area contributed by atoms with Crippen LogP contribution in [0.3, 0.4) is 0 Å². The topological polar surface area (TPSA) is 102 Å². The second kappa shape index (κ2) is 12.4. The highest BCUT2D eigenvalue weighted by Crippen LogP contribution is 2.38. The summed E-state index contributed by atoms with van der Waals surface area (Å²) in [5, 5.41) is 12.1. The molecule has 2 N–H and O–H groups in total. The third-order valence-electron chi connectivity index (χ3n) is 6.53. The fourth-order valence-electron chi connectivity index (χ4n) is 4.55. The van der Waals surface area contributed by atoms with Gasteiger partial charge < -0.3 is 20.2 Å². The van der Waals surface area contributed by atoms with E-state index in [4.69, 9.17) is 10.1 Å². The van der Waals surface area contributed by atoms with Gasteiger partial charge in [-0.05, 0) is 79.7 Å². The molecule has 9 heteroatoms. The number of nitrogens with one attached hydrogen (secondary N) is 1. The van der Waals surface area contributed by atoms with E-state index in [1.165, 1.54) is 0 Å². The van der Waals surface area contributed by atoms with Gasteiger partial charge in [0.25, 0.3) is 0 Å². The predicted octanol–water partition coefficient (Wildman–Crippen LogP) is 5.24. The van der Waals surface area contributed by atoms with Crippen LogP contribution in [0.2, 0.25) is 0 Å². The van der Waals surface area contributed by atoms with E-state index < -0.39 is 11.9 Å². The number of fused-ring (bicyclic) bond motifs is 1. The highest BCUT2D eigenvalue weighted by Gasteiger charge is 2.35. The van der Waals surface area contributed by atoms with Crippen molar-refractivity contribution in [3.05, 3.63) is 87.9 Å². The van der Waals surface area contributed by atoms with Crippen molar-refractivity contribution >= 4 is 56.5 Å². The standard InChI is InChI=1S/C30H31BrN4O4/c1-19(36)35(16-15-34(2)3)24-11-9-23(10-12-24)32-29(21-6-4-5-20(17-21)7-14-27(37)38)28-25-13-8-22(31)18-26(25)33-30(28)39/h4-6,8-13,17-18,28H,7,14-16H2,1-3H3,(H,33,39)(H,37,38). The fourth-order valence-corrected chi connectivity index (χ4v) is 4.91. The number of likely N-dealkylation sites (N-methyl/N-ethyl adjacent to an activating group) is 1. The zero-order valence-corrected chi connectivity index (χ0v) is 23.7. The van der Waals surface area contributed by atoms with Crippen molar-refractivity contribution in [1.29, 1.82) is 0 Å². The van der Waals surface area contributed by atoms with E-state index in [9.17, 15) is 14.4 Å². The summed E-state index contributed by atoms with van der Waals surface area (Å²) in [6.07, 6.45) is 0.387. The maximum Gasteiger partial charge on any atom is 0.303 e. The van der Waals surface area contributed by atoms with Gasteiger partial charge in [0.05, 0.1) is 11.4 Å². The number of amides is 2. The Labute approximate surface area is 236 Å². The molecule has 8 nitrogen and oxygen atoms in total. The number of nitrogens with zero attached hydrogens (tertiary/aromatic N) is 3. The molecule has 1 aliphatic heterocycles. The molecule has 39 heavy (non-hydrogen) atoms. The molecule has 1 unspecified atom stereocenters. The molecule has 1 heterocycles. The lowest BCUT2D eigenvalue weighted by Gasteiger charge is -2.23. The molecule has 202 valence electrons. The smallest absolute Gasteiger partial charge is 0.303 e. The summed E-state index contributed by atoms with van der Waals surface area (Å²) in [4.78, 5) is 45.4. The number of carbonyl (C=O) groups excluding carboxylic acids is 2. The molecular formula is C30H31BrN4O4. The van der Waals surface area contributed by atoms with Crippen LogP contribution in [-0.4, -0.2) is 60.7 Å². The number of rotatable bonds is 10.